The number of nitrogens with zero attached hydrogens (tertiary/aromatic N) is 1. The van der Waals surface area contributed by atoms with Gasteiger partial charge in [0.15, 0.2) is 0 Å². The molecule has 26 heavy (non-hydrogen) atoms. The van der Waals surface area contributed by atoms with Gasteiger partial charge in [-0.25, -0.2) is 5.43 Å². The number of unbranched alkanes of at least 4 members (excludes halogenated alkanes) is 11. The Labute approximate surface area is 162 Å². The summed E-state index contributed by atoms with van der Waals surface area (Å²) in [6, 6.07) is -0.0372. The van der Waals surface area contributed by atoms with E-state index in [1.165, 1.54) is 70.6 Å². The highest BCUT2D eigenvalue weighted by atomic mass is 16.4. The second-order valence-corrected chi connectivity index (χ2v) is 8.73. The van der Waals surface area contributed by atoms with E-state index in [0.29, 0.717) is 0 Å². The average molecular weight is 373 g/mol. The molecule has 156 valence electrons. The van der Waals surface area contributed by atoms with Crippen LogP contribution in [0.15, 0.2) is 0 Å². The molecule has 0 aliphatic rings. The Bertz CT molecular complexity index is 330. The van der Waals surface area contributed by atoms with Gasteiger partial charge in [0.05, 0.1) is 40.2 Å². The lowest BCUT2D eigenvalue weighted by Gasteiger charge is -2.29. The number of nitrogens with one attached hydrogen (secondary N) is 2. The van der Waals surface area contributed by atoms with Crippen LogP contribution in [0.4, 0.5) is 0 Å². The molecule has 0 saturated carbocycles. The van der Waals surface area contributed by atoms with Crippen LogP contribution in [0, 0.1) is 0 Å². The molecule has 0 aromatic rings. The second-order valence-electron chi connectivity index (χ2n) is 8.73. The van der Waals surface area contributed by atoms with Crippen molar-refractivity contribution in [3.63, 3.8) is 0 Å². The van der Waals surface area contributed by atoms with Crippen LogP contribution in [0.3, 0.4) is 0 Å². The molecule has 0 bridgehead atoms. The van der Waals surface area contributed by atoms with Crippen molar-refractivity contribution < 1.29 is 14.4 Å². The van der Waals surface area contributed by atoms with Crippen molar-refractivity contribution in [2.75, 3.05) is 34.2 Å². The Kier molecular flexibility index (Phi) is 16.1. The summed E-state index contributed by atoms with van der Waals surface area (Å²) in [5.41, 5.74) is 6.43. The van der Waals surface area contributed by atoms with Gasteiger partial charge in [0, 0.05) is 6.54 Å². The summed E-state index contributed by atoms with van der Waals surface area (Å²) >= 11 is 0. The Hall–Kier alpha value is -0.650. The maximum absolute atomic E-state index is 11.0. The number of carboxylic acids is 1. The summed E-state index contributed by atoms with van der Waals surface area (Å²) in [5, 5.41) is 9.02. The molecule has 0 heterocycles. The average Bonchev–Trinajstić information content (AvgIpc) is 2.53. The molecule has 0 aliphatic carbocycles. The molecule has 3 N–H and O–H groups in total. The molecule has 0 saturated heterocycles. The van der Waals surface area contributed by atoms with Gasteiger partial charge in [-0.1, -0.05) is 77.6 Å². The third-order valence-corrected chi connectivity index (χ3v) is 4.65. The molecule has 0 fully saturated rings. The molecule has 0 spiro atoms. The van der Waals surface area contributed by atoms with Crippen molar-refractivity contribution in [3.05, 3.63) is 0 Å². The van der Waals surface area contributed by atoms with Crippen LogP contribution < -0.4 is 10.9 Å². The first-order valence-corrected chi connectivity index (χ1v) is 10.9. The van der Waals surface area contributed by atoms with Crippen molar-refractivity contribution in [3.8, 4) is 0 Å². The quantitative estimate of drug-likeness (QED) is 0.179. The Morgan fingerprint density at radius 1 is 0.846 bits per heavy atom. The van der Waals surface area contributed by atoms with Crippen LogP contribution >= 0.6 is 0 Å². The van der Waals surface area contributed by atoms with E-state index < -0.39 is 5.97 Å². The van der Waals surface area contributed by atoms with Crippen LogP contribution in [0.25, 0.3) is 0 Å². The van der Waals surface area contributed by atoms with Crippen LogP contribution in [0.2, 0.25) is 0 Å². The molecule has 0 amide bonds. The molecule has 0 radical (unpaired) electrons. The second kappa shape index (κ2) is 16.5. The van der Waals surface area contributed by atoms with Crippen molar-refractivity contribution in [1.29, 1.82) is 0 Å². The minimum atomic E-state index is -0.747. The highest BCUT2D eigenvalue weighted by Crippen LogP contribution is 2.11. The van der Waals surface area contributed by atoms with Gasteiger partial charge < -0.3 is 9.59 Å². The smallest absolute Gasteiger partial charge is 0.305 e. The summed E-state index contributed by atoms with van der Waals surface area (Å²) in [4.78, 5) is 11.0. The van der Waals surface area contributed by atoms with E-state index in [1.807, 2.05) is 0 Å². The predicted octanol–water partition coefficient (Wildman–Crippen LogP) is 4.33. The molecule has 1 unspecified atom stereocenters. The third kappa shape index (κ3) is 19.7. The van der Waals surface area contributed by atoms with Gasteiger partial charge in [0.25, 0.3) is 0 Å². The molecule has 1 atom stereocenters. The lowest BCUT2D eigenvalue weighted by Crippen LogP contribution is -2.52. The third-order valence-electron chi connectivity index (χ3n) is 4.65. The van der Waals surface area contributed by atoms with E-state index in [0.717, 1.165) is 24.0 Å². The van der Waals surface area contributed by atoms with E-state index in [1.54, 1.807) is 0 Å². The number of hydrogen-bond donors (Lipinski definition) is 3. The van der Waals surface area contributed by atoms with Crippen LogP contribution in [0.5, 0.6) is 0 Å². The number of hydrogen-bond acceptors (Lipinski definition) is 3. The molecule has 0 aliphatic heterocycles. The first kappa shape index (κ1) is 25.4. The summed E-state index contributed by atoms with van der Waals surface area (Å²) in [6.45, 7) is 3.97. The lowest BCUT2D eigenvalue weighted by atomic mass is 10.1. The highest BCUT2D eigenvalue weighted by molar-refractivity contribution is 5.67. The lowest BCUT2D eigenvalue weighted by molar-refractivity contribution is -0.871. The molecule has 0 aromatic heterocycles. The fraction of sp³-hybridized carbons (Fsp3) is 0.952. The van der Waals surface area contributed by atoms with Crippen molar-refractivity contribution in [2.24, 2.45) is 0 Å². The van der Waals surface area contributed by atoms with Gasteiger partial charge in [0.2, 0.25) is 0 Å². The topological polar surface area (TPSA) is 61.4 Å². The molecule has 0 aromatic carbocycles. The molecular formula is C21H46N3O2+. The fourth-order valence-corrected chi connectivity index (χ4v) is 3.30. The van der Waals surface area contributed by atoms with Crippen molar-refractivity contribution >= 4 is 5.97 Å². The van der Waals surface area contributed by atoms with Gasteiger partial charge in [0.1, 0.15) is 0 Å². The minimum Gasteiger partial charge on any atom is -0.481 e. The van der Waals surface area contributed by atoms with Crippen molar-refractivity contribution in [1.82, 2.24) is 10.9 Å². The summed E-state index contributed by atoms with van der Waals surface area (Å²) in [7, 11) is 6.26. The van der Waals surface area contributed by atoms with Crippen LogP contribution in [0.1, 0.15) is 90.4 Å². The van der Waals surface area contributed by atoms with Gasteiger partial charge in [-0.05, 0) is 6.42 Å². The van der Waals surface area contributed by atoms with Gasteiger partial charge >= 0.3 is 5.97 Å². The van der Waals surface area contributed by atoms with Crippen molar-refractivity contribution in [2.45, 2.75) is 96.4 Å². The number of rotatable bonds is 19. The van der Waals surface area contributed by atoms with Gasteiger partial charge in [-0.2, -0.15) is 0 Å². The number of aliphatic carboxylic acids is 1. The maximum Gasteiger partial charge on any atom is 0.305 e. The molecule has 0 rings (SSSR count). The van der Waals surface area contributed by atoms with Crippen LogP contribution in [-0.4, -0.2) is 55.8 Å². The molecule has 5 nitrogen and oxygen atoms in total. The van der Waals surface area contributed by atoms with Gasteiger partial charge in [-0.15, -0.1) is 0 Å². The van der Waals surface area contributed by atoms with E-state index in [-0.39, 0.29) is 12.5 Å². The summed E-state index contributed by atoms with van der Waals surface area (Å²) in [6.07, 6.45) is 16.4. The molecule has 5 heteroatoms. The summed E-state index contributed by atoms with van der Waals surface area (Å²) in [5.74, 6) is -0.747. The first-order valence-electron chi connectivity index (χ1n) is 10.9. The zero-order chi connectivity index (χ0) is 19.7. The van der Waals surface area contributed by atoms with E-state index in [2.05, 4.69) is 38.9 Å². The van der Waals surface area contributed by atoms with Gasteiger partial charge in [-0.3, -0.25) is 10.2 Å². The maximum atomic E-state index is 11.0. The van der Waals surface area contributed by atoms with E-state index in [4.69, 9.17) is 5.11 Å². The number of hydrazine groups is 1. The SMILES string of the molecule is CCCCCCCCCCCCCCNNC(CC(=O)O)C[N+](C)(C)C. The monoisotopic (exact) mass is 372 g/mol. The Balaban J connectivity index is 3.46. The molecular weight excluding hydrogens is 326 g/mol. The van der Waals surface area contributed by atoms with E-state index >= 15 is 0 Å². The number of carboxylic acid groups (broad SMARTS) is 1. The normalized spacial score (nSPS) is 13.1. The largest absolute Gasteiger partial charge is 0.481 e. The first-order chi connectivity index (χ1) is 12.3. The zero-order valence-electron chi connectivity index (χ0n) is 18.0. The highest BCUT2D eigenvalue weighted by Gasteiger charge is 2.20. The Morgan fingerprint density at radius 3 is 1.73 bits per heavy atom. The summed E-state index contributed by atoms with van der Waals surface area (Å²) < 4.78 is 0.755. The number of quaternary nitrogens is 1. The van der Waals surface area contributed by atoms with E-state index in [9.17, 15) is 4.79 Å². The number of likely N-dealkylation sites (N-methyl/N-ethyl adjacent to an activating group) is 1. The number of carbonyl (C=O) groups is 1. The predicted molar refractivity (Wildman–Crippen MR) is 111 cm³/mol. The Morgan fingerprint density at radius 2 is 1.31 bits per heavy atom. The zero-order valence-corrected chi connectivity index (χ0v) is 18.0. The minimum absolute atomic E-state index is 0.0372. The standard InChI is InChI=1S/C21H45N3O2/c1-5-6-7-8-9-10-11-12-13-14-15-16-17-22-23-20(18-21(25)26)19-24(2,3)4/h20,22-23H,5-19H2,1-4H3/p+1. The fourth-order valence-electron chi connectivity index (χ4n) is 3.30. The van der Waals surface area contributed by atoms with Crippen LogP contribution in [-0.2, 0) is 4.79 Å².